The molecule has 1 aliphatic rings. The first kappa shape index (κ1) is 45.7. The molecule has 0 unspecified atom stereocenters. The van der Waals surface area contributed by atoms with Crippen molar-refractivity contribution in [2.24, 2.45) is 0 Å². The standard InChI is InChI=1S/C59H59N4O.Pt/c1-56(2,3)43-23-18-24-46(32-43)62-39-61(38-54(62)59(10,11)42-21-16-13-17-22-42)47-33-45(58(7,8)9)34-49(36-47)64-48-26-27-50-51-31-41(40-19-14-12-15-20-40)25-28-52(51)63(53(50)37-48)55-35-44(29-30-60-55)57(4,5)6;/h12-35,38-39H,1-11H3;/q-3;. The van der Waals surface area contributed by atoms with Crippen LogP contribution in [-0.4, -0.2) is 9.55 Å². The molecule has 0 atom stereocenters. The van der Waals surface area contributed by atoms with Crippen molar-refractivity contribution in [3.05, 3.63) is 199 Å². The maximum absolute atomic E-state index is 6.89. The number of hydrogen-bond acceptors (Lipinski definition) is 4. The molecule has 0 radical (unpaired) electrons. The molecule has 0 saturated carbocycles. The zero-order valence-electron chi connectivity index (χ0n) is 39.5. The quantitative estimate of drug-likeness (QED) is 0.142. The van der Waals surface area contributed by atoms with Crippen molar-refractivity contribution in [2.75, 3.05) is 9.80 Å². The van der Waals surface area contributed by atoms with Crippen molar-refractivity contribution in [3.8, 4) is 28.4 Å². The van der Waals surface area contributed by atoms with Gasteiger partial charge < -0.3 is 19.1 Å². The number of nitrogens with zero attached hydrogens (tertiary/aromatic N) is 4. The summed E-state index contributed by atoms with van der Waals surface area (Å²) < 4.78 is 9.12. The molecule has 0 spiro atoms. The third-order valence-corrected chi connectivity index (χ3v) is 12.7. The van der Waals surface area contributed by atoms with E-state index in [1.54, 1.807) is 0 Å². The molecule has 0 saturated heterocycles. The van der Waals surface area contributed by atoms with Crippen molar-refractivity contribution < 1.29 is 25.8 Å². The fourth-order valence-corrected chi connectivity index (χ4v) is 8.65. The Morgan fingerprint density at radius 1 is 0.538 bits per heavy atom. The molecule has 5 nitrogen and oxygen atoms in total. The van der Waals surface area contributed by atoms with Crippen molar-refractivity contribution in [1.29, 1.82) is 0 Å². The Balaban J connectivity index is 0.00000576. The van der Waals surface area contributed by atoms with Crippen LogP contribution in [0.3, 0.4) is 0 Å². The van der Waals surface area contributed by atoms with Gasteiger partial charge in [-0.25, -0.2) is 4.98 Å². The van der Waals surface area contributed by atoms with E-state index in [4.69, 9.17) is 9.72 Å². The summed E-state index contributed by atoms with van der Waals surface area (Å²) in [5.74, 6) is 2.08. The molecule has 65 heavy (non-hydrogen) atoms. The monoisotopic (exact) mass is 1030 g/mol. The second-order valence-corrected chi connectivity index (χ2v) is 20.8. The van der Waals surface area contributed by atoms with Crippen molar-refractivity contribution >= 4 is 33.2 Å². The zero-order chi connectivity index (χ0) is 45.2. The van der Waals surface area contributed by atoms with E-state index in [1.165, 1.54) is 22.3 Å². The molecule has 6 heteroatoms. The third kappa shape index (κ3) is 9.05. The Labute approximate surface area is 401 Å². The van der Waals surface area contributed by atoms with Crippen LogP contribution < -0.4 is 14.5 Å². The molecule has 0 amide bonds. The number of pyridine rings is 1. The fraction of sp³-hybridized carbons (Fsp3) is 0.254. The Morgan fingerprint density at radius 2 is 1.20 bits per heavy atom. The predicted molar refractivity (Wildman–Crippen MR) is 268 cm³/mol. The van der Waals surface area contributed by atoms with Gasteiger partial charge in [-0.15, -0.1) is 53.6 Å². The Morgan fingerprint density at radius 3 is 1.89 bits per heavy atom. The molecule has 0 fully saturated rings. The third-order valence-electron chi connectivity index (χ3n) is 12.7. The van der Waals surface area contributed by atoms with Gasteiger partial charge >= 0.3 is 0 Å². The van der Waals surface area contributed by atoms with Crippen LogP contribution in [0.2, 0.25) is 0 Å². The number of ether oxygens (including phenoxy) is 1. The summed E-state index contributed by atoms with van der Waals surface area (Å²) in [6, 6.07) is 57.2. The van der Waals surface area contributed by atoms with Crippen LogP contribution in [-0.2, 0) is 42.7 Å². The van der Waals surface area contributed by atoms with Crippen LogP contribution in [0.4, 0.5) is 11.4 Å². The summed E-state index contributed by atoms with van der Waals surface area (Å²) in [6.45, 7) is 27.0. The molecule has 0 N–H and O–H groups in total. The molecular formula is C59H59N4OPt-3. The number of aromatic nitrogens is 2. The molecule has 3 heterocycles. The van der Waals surface area contributed by atoms with E-state index in [0.29, 0.717) is 11.5 Å². The number of rotatable bonds is 8. The summed E-state index contributed by atoms with van der Waals surface area (Å²) in [4.78, 5) is 9.49. The van der Waals surface area contributed by atoms with Gasteiger partial charge in [0.1, 0.15) is 5.82 Å². The molecule has 1 aliphatic heterocycles. The first-order chi connectivity index (χ1) is 30.3. The first-order valence-electron chi connectivity index (χ1n) is 22.4. The van der Waals surface area contributed by atoms with E-state index in [0.717, 1.165) is 55.8 Å². The Bertz CT molecular complexity index is 3030. The van der Waals surface area contributed by atoms with E-state index in [9.17, 15) is 0 Å². The Kier molecular flexibility index (Phi) is 12.0. The van der Waals surface area contributed by atoms with Gasteiger partial charge in [-0.2, -0.15) is 6.07 Å². The average Bonchev–Trinajstić information content (AvgIpc) is 3.87. The molecule has 0 bridgehead atoms. The molecule has 334 valence electrons. The summed E-state index contributed by atoms with van der Waals surface area (Å²) in [7, 11) is 0. The van der Waals surface area contributed by atoms with Gasteiger partial charge in [0.15, 0.2) is 0 Å². The van der Waals surface area contributed by atoms with Crippen LogP contribution >= 0.6 is 0 Å². The number of anilines is 2. The summed E-state index contributed by atoms with van der Waals surface area (Å²) in [5, 5.41) is 2.21. The van der Waals surface area contributed by atoms with Gasteiger partial charge in [0.2, 0.25) is 0 Å². The molecular weight excluding hydrogens is 976 g/mol. The largest absolute Gasteiger partial charge is 0.509 e. The molecule has 2 aromatic heterocycles. The topological polar surface area (TPSA) is 33.5 Å². The average molecular weight is 1040 g/mol. The van der Waals surface area contributed by atoms with Crippen LogP contribution in [0.1, 0.15) is 98.4 Å². The molecule has 6 aromatic carbocycles. The van der Waals surface area contributed by atoms with Gasteiger partial charge in [-0.05, 0) is 86.0 Å². The maximum atomic E-state index is 6.89. The van der Waals surface area contributed by atoms with Gasteiger partial charge in [-0.3, -0.25) is 0 Å². The SMILES string of the molecule is CC(C)(C)c1cc(Oc2[c-]c3c(cc2)c2cc(-c4ccccc4)ccc2n3-c2cc(C(C)(C)C)ccn2)[c-]c(N2C=C(C(C)(C)c3ccccc3)N(c3cccc(C(C)(C)C)c3)[CH-]2)c1.[Pt]. The van der Waals surface area contributed by atoms with E-state index < -0.39 is 0 Å². The summed E-state index contributed by atoms with van der Waals surface area (Å²) >= 11 is 0. The van der Waals surface area contributed by atoms with Crippen LogP contribution in [0, 0.1) is 18.8 Å². The second kappa shape index (κ2) is 17.1. The smallest absolute Gasteiger partial charge is 0.135 e. The van der Waals surface area contributed by atoms with Crippen molar-refractivity contribution in [1.82, 2.24) is 9.55 Å². The maximum Gasteiger partial charge on any atom is 0.135 e. The van der Waals surface area contributed by atoms with Crippen LogP contribution in [0.5, 0.6) is 11.5 Å². The van der Waals surface area contributed by atoms with Gasteiger partial charge in [0.25, 0.3) is 0 Å². The predicted octanol–water partition coefficient (Wildman–Crippen LogP) is 15.4. The minimum atomic E-state index is -0.322. The molecule has 9 rings (SSSR count). The summed E-state index contributed by atoms with van der Waals surface area (Å²) in [6.07, 6.45) is 4.18. The van der Waals surface area contributed by atoms with Crippen LogP contribution in [0.25, 0.3) is 38.8 Å². The normalized spacial score (nSPS) is 13.6. The van der Waals surface area contributed by atoms with Crippen LogP contribution in [0.15, 0.2) is 158 Å². The van der Waals surface area contributed by atoms with E-state index in [-0.39, 0.29) is 42.7 Å². The van der Waals surface area contributed by atoms with E-state index >= 15 is 0 Å². The minimum Gasteiger partial charge on any atom is -0.509 e. The number of fused-ring (bicyclic) bond motifs is 3. The zero-order valence-corrected chi connectivity index (χ0v) is 41.8. The number of allylic oxidation sites excluding steroid dienone is 1. The van der Waals surface area contributed by atoms with Gasteiger partial charge in [0, 0.05) is 61.1 Å². The van der Waals surface area contributed by atoms with E-state index in [2.05, 4.69) is 249 Å². The second-order valence-electron chi connectivity index (χ2n) is 20.8. The Hall–Kier alpha value is -5.90. The minimum absolute atomic E-state index is 0. The molecule has 8 aromatic rings. The van der Waals surface area contributed by atoms with Gasteiger partial charge in [0.05, 0.1) is 0 Å². The first-order valence-corrected chi connectivity index (χ1v) is 22.4. The van der Waals surface area contributed by atoms with E-state index in [1.807, 2.05) is 12.3 Å². The van der Waals surface area contributed by atoms with Crippen molar-refractivity contribution in [3.63, 3.8) is 0 Å². The molecule has 0 aliphatic carbocycles. The summed E-state index contributed by atoms with van der Waals surface area (Å²) in [5.41, 5.74) is 11.8. The van der Waals surface area contributed by atoms with Gasteiger partial charge in [-0.1, -0.05) is 167 Å². The number of benzene rings is 6. The number of hydrogen-bond donors (Lipinski definition) is 0. The fourth-order valence-electron chi connectivity index (χ4n) is 8.65. The van der Waals surface area contributed by atoms with Crippen molar-refractivity contribution in [2.45, 2.75) is 97.8 Å².